The maximum absolute atomic E-state index is 12.3. The Hall–Kier alpha value is -3.51. The number of hydrogen-bond donors (Lipinski definition) is 1. The zero-order chi connectivity index (χ0) is 23.8. The van der Waals surface area contributed by atoms with Crippen LogP contribution in [-0.2, 0) is 20.4 Å². The predicted molar refractivity (Wildman–Crippen MR) is 131 cm³/mol. The van der Waals surface area contributed by atoms with Gasteiger partial charge in [-0.15, -0.1) is 0 Å². The van der Waals surface area contributed by atoms with E-state index in [1.165, 1.54) is 9.79 Å². The van der Waals surface area contributed by atoms with Crippen molar-refractivity contribution in [2.24, 2.45) is 0 Å². The molecule has 0 radical (unpaired) electrons. The molecule has 0 saturated carbocycles. The third kappa shape index (κ3) is 6.49. The first-order valence-corrected chi connectivity index (χ1v) is 11.8. The van der Waals surface area contributed by atoms with Gasteiger partial charge in [-0.1, -0.05) is 43.0 Å². The molecule has 3 aromatic rings. The monoisotopic (exact) mass is 462 g/mol. The molecule has 1 amide bonds. The van der Waals surface area contributed by atoms with Crippen molar-refractivity contribution < 1.29 is 19.1 Å². The molecule has 33 heavy (non-hydrogen) atoms. The number of rotatable bonds is 8. The zero-order valence-electron chi connectivity index (χ0n) is 19.1. The number of esters is 1. The van der Waals surface area contributed by atoms with Crippen molar-refractivity contribution >= 4 is 23.0 Å². The van der Waals surface area contributed by atoms with Crippen molar-refractivity contribution in [3.63, 3.8) is 0 Å². The largest absolute Gasteiger partial charge is 0.460 e. The van der Waals surface area contributed by atoms with Gasteiger partial charge < -0.3 is 14.8 Å². The molecule has 0 aliphatic heterocycles. The topological polar surface area (TPSA) is 64.6 Å². The fourth-order valence-electron chi connectivity index (χ4n) is 3.26. The third-order valence-corrected chi connectivity index (χ3v) is 6.97. The van der Waals surface area contributed by atoms with Crippen molar-refractivity contribution in [1.29, 1.82) is 0 Å². The summed E-state index contributed by atoms with van der Waals surface area (Å²) < 4.78 is 10.5. The van der Waals surface area contributed by atoms with Crippen molar-refractivity contribution in [3.8, 4) is 5.75 Å². The molecule has 0 aliphatic carbocycles. The quantitative estimate of drug-likeness (QED) is 0.205. The van der Waals surface area contributed by atoms with E-state index in [1.54, 1.807) is 6.92 Å². The molecule has 170 valence electrons. The summed E-state index contributed by atoms with van der Waals surface area (Å²) >= 11 is 0. The molecule has 3 rings (SSSR count). The average Bonchev–Trinajstić information content (AvgIpc) is 2.80. The first kappa shape index (κ1) is 24.1. The highest BCUT2D eigenvalue weighted by molar-refractivity contribution is 7.97. The van der Waals surface area contributed by atoms with Crippen LogP contribution in [0.4, 0.5) is 4.79 Å². The first-order valence-electron chi connectivity index (χ1n) is 10.6. The van der Waals surface area contributed by atoms with Crippen LogP contribution in [0.3, 0.4) is 0 Å². The number of benzene rings is 3. The fraction of sp³-hybridized carbons (Fsp3) is 0.185. The molecule has 0 heterocycles. The number of hydrogen-bond acceptors (Lipinski definition) is 4. The van der Waals surface area contributed by atoms with Gasteiger partial charge in [0.25, 0.3) is 0 Å². The molecule has 0 atom stereocenters. The molecule has 1 N–H and O–H groups in total. The standard InChI is InChI=1S/C27H27NO4S/c1-19(2)26(29)31-16-15-28-27(30)32-25-20(3)17-24(18-21(25)4)33(22-11-7-5-8-12-22)23-13-9-6-10-14-23/h5-14,17-18H,1,15-16H2,2-4H3/p+1. The lowest BCUT2D eigenvalue weighted by Gasteiger charge is -2.14. The van der Waals surface area contributed by atoms with E-state index in [0.29, 0.717) is 11.3 Å². The van der Waals surface area contributed by atoms with E-state index in [4.69, 9.17) is 9.47 Å². The van der Waals surface area contributed by atoms with Crippen molar-refractivity contribution in [1.82, 2.24) is 5.32 Å². The van der Waals surface area contributed by atoms with Gasteiger partial charge in [0.2, 0.25) is 0 Å². The smallest absolute Gasteiger partial charge is 0.412 e. The summed E-state index contributed by atoms with van der Waals surface area (Å²) in [5.74, 6) is 0.0412. The summed E-state index contributed by atoms with van der Waals surface area (Å²) in [5, 5.41) is 2.60. The molecular formula is C27H28NO4S+. The summed E-state index contributed by atoms with van der Waals surface area (Å²) in [6, 6.07) is 24.9. The molecule has 0 unspecified atom stereocenters. The van der Waals surface area contributed by atoms with Gasteiger partial charge in [-0.25, -0.2) is 9.59 Å². The van der Waals surface area contributed by atoms with E-state index in [2.05, 4.69) is 48.3 Å². The molecule has 6 heteroatoms. The van der Waals surface area contributed by atoms with E-state index >= 15 is 0 Å². The van der Waals surface area contributed by atoms with Crippen LogP contribution in [-0.4, -0.2) is 25.2 Å². The van der Waals surface area contributed by atoms with Gasteiger partial charge >= 0.3 is 12.1 Å². The summed E-state index contributed by atoms with van der Waals surface area (Å²) in [6.07, 6.45) is -0.592. The zero-order valence-corrected chi connectivity index (χ0v) is 19.9. The lowest BCUT2D eigenvalue weighted by atomic mass is 10.1. The summed E-state index contributed by atoms with van der Waals surface area (Å²) in [6.45, 7) is 9.16. The van der Waals surface area contributed by atoms with Gasteiger partial charge in [-0.05, 0) is 56.2 Å². The second-order valence-corrected chi connectivity index (χ2v) is 9.58. The molecule has 3 aromatic carbocycles. The number of amides is 1. The minimum absolute atomic E-state index is 0.0502. The molecule has 0 spiro atoms. The average molecular weight is 463 g/mol. The molecule has 0 bridgehead atoms. The third-order valence-electron chi connectivity index (χ3n) is 4.78. The van der Waals surface area contributed by atoms with E-state index in [0.717, 1.165) is 16.0 Å². The predicted octanol–water partition coefficient (Wildman–Crippen LogP) is 5.61. The maximum Gasteiger partial charge on any atom is 0.412 e. The number of ether oxygens (including phenoxy) is 2. The minimum Gasteiger partial charge on any atom is -0.460 e. The SMILES string of the molecule is C=C(C)C(=O)OCCNC(=O)Oc1c(C)cc([S+](c2ccccc2)c2ccccc2)cc1C. The Morgan fingerprint density at radius 3 is 1.88 bits per heavy atom. The highest BCUT2D eigenvalue weighted by Crippen LogP contribution is 2.35. The van der Waals surface area contributed by atoms with Gasteiger partial charge in [-0.3, -0.25) is 0 Å². The minimum atomic E-state index is -0.592. The van der Waals surface area contributed by atoms with Crippen LogP contribution >= 0.6 is 0 Å². The highest BCUT2D eigenvalue weighted by atomic mass is 32.2. The summed E-state index contributed by atoms with van der Waals surface area (Å²) in [5.41, 5.74) is 2.06. The normalized spacial score (nSPS) is 10.5. The maximum atomic E-state index is 12.3. The Balaban J connectivity index is 1.76. The Kier molecular flexibility index (Phi) is 8.33. The molecule has 5 nitrogen and oxygen atoms in total. The summed E-state index contributed by atoms with van der Waals surface area (Å²) in [7, 11) is -0.282. The number of carbonyl (C=O) groups is 2. The van der Waals surface area contributed by atoms with Crippen LogP contribution in [0.2, 0.25) is 0 Å². The van der Waals surface area contributed by atoms with Gasteiger partial charge in [-0.2, -0.15) is 0 Å². The Labute approximate surface area is 197 Å². The van der Waals surface area contributed by atoms with Crippen LogP contribution < -0.4 is 10.1 Å². The first-order chi connectivity index (χ1) is 15.9. The highest BCUT2D eigenvalue weighted by Gasteiger charge is 2.29. The van der Waals surface area contributed by atoms with Crippen molar-refractivity contribution in [2.45, 2.75) is 35.5 Å². The lowest BCUT2D eigenvalue weighted by Crippen LogP contribution is -2.31. The van der Waals surface area contributed by atoms with Crippen LogP contribution in [0, 0.1) is 13.8 Å². The van der Waals surface area contributed by atoms with Gasteiger partial charge in [0.1, 0.15) is 12.4 Å². The fourth-order valence-corrected chi connectivity index (χ4v) is 5.52. The van der Waals surface area contributed by atoms with E-state index < -0.39 is 12.1 Å². The van der Waals surface area contributed by atoms with E-state index in [1.807, 2.05) is 50.2 Å². The van der Waals surface area contributed by atoms with Gasteiger partial charge in [0, 0.05) is 17.7 Å². The van der Waals surface area contributed by atoms with E-state index in [-0.39, 0.29) is 24.0 Å². The number of aryl methyl sites for hydroxylation is 2. The molecule has 0 aromatic heterocycles. The molecule has 0 fully saturated rings. The molecule has 0 saturated heterocycles. The van der Waals surface area contributed by atoms with E-state index in [9.17, 15) is 9.59 Å². The second-order valence-electron chi connectivity index (χ2n) is 7.55. The Bertz CT molecular complexity index is 1070. The van der Waals surface area contributed by atoms with Crippen LogP contribution in [0.5, 0.6) is 5.75 Å². The van der Waals surface area contributed by atoms with Crippen molar-refractivity contribution in [3.05, 3.63) is 96.1 Å². The van der Waals surface area contributed by atoms with Gasteiger partial charge in [0.05, 0.1) is 17.4 Å². The molecular weight excluding hydrogens is 434 g/mol. The van der Waals surface area contributed by atoms with Crippen LogP contribution in [0.1, 0.15) is 18.1 Å². The summed E-state index contributed by atoms with van der Waals surface area (Å²) in [4.78, 5) is 27.3. The van der Waals surface area contributed by atoms with Crippen molar-refractivity contribution in [2.75, 3.05) is 13.2 Å². The number of carbonyl (C=O) groups excluding carboxylic acids is 2. The Morgan fingerprint density at radius 2 is 1.39 bits per heavy atom. The van der Waals surface area contributed by atoms with Crippen LogP contribution in [0.15, 0.2) is 99.6 Å². The Morgan fingerprint density at radius 1 is 0.879 bits per heavy atom. The molecule has 0 aliphatic rings. The van der Waals surface area contributed by atoms with Gasteiger partial charge in [0.15, 0.2) is 14.7 Å². The van der Waals surface area contributed by atoms with Crippen LogP contribution in [0.25, 0.3) is 0 Å². The lowest BCUT2D eigenvalue weighted by molar-refractivity contribution is -0.138. The second kappa shape index (κ2) is 11.4. The number of nitrogens with one attached hydrogen (secondary N) is 1.